The Morgan fingerprint density at radius 3 is 2.67 bits per heavy atom. The van der Waals surface area contributed by atoms with Gasteiger partial charge in [0.25, 0.3) is 0 Å². The standard InChI is InChI=1S/C29H30N2O5/c32-27-20-6-2-3-7-21(20)28-24(22(17-36-28)29(33)34)25(27)26(31-13-4-1-5-14-31)19-10-12-30-23(16-19)35-15-11-18-8-9-18/h2-3,6-7,10,12,16-18,26,32H,1,4-5,8-9,11,13-15H2,(H,33,34). The van der Waals surface area contributed by atoms with Crippen LogP contribution in [0.25, 0.3) is 21.7 Å². The summed E-state index contributed by atoms with van der Waals surface area (Å²) in [4.78, 5) is 19.0. The molecule has 2 aromatic carbocycles. The number of aromatic nitrogens is 1. The fourth-order valence-electron chi connectivity index (χ4n) is 5.55. The summed E-state index contributed by atoms with van der Waals surface area (Å²) in [6, 6.07) is 10.9. The minimum Gasteiger partial charge on any atom is -0.507 e. The van der Waals surface area contributed by atoms with Crippen LogP contribution in [0.15, 0.2) is 53.3 Å². The van der Waals surface area contributed by atoms with Crippen LogP contribution in [-0.2, 0) is 0 Å². The van der Waals surface area contributed by atoms with Gasteiger partial charge in [-0.15, -0.1) is 0 Å². The second kappa shape index (κ2) is 9.47. The fraction of sp³-hybridized carbons (Fsp3) is 0.379. The highest BCUT2D eigenvalue weighted by atomic mass is 16.5. The number of hydrogen-bond donors (Lipinski definition) is 2. The zero-order chi connectivity index (χ0) is 24.6. The summed E-state index contributed by atoms with van der Waals surface area (Å²) in [6.45, 7) is 2.32. The number of rotatable bonds is 8. The maximum absolute atomic E-state index is 12.3. The number of aromatic carboxylic acids is 1. The molecule has 2 fully saturated rings. The number of carboxylic acid groups (broad SMARTS) is 1. The molecule has 1 unspecified atom stereocenters. The molecule has 7 nitrogen and oxygen atoms in total. The molecule has 0 amide bonds. The van der Waals surface area contributed by atoms with Crippen molar-refractivity contribution in [3.63, 3.8) is 0 Å². The number of hydrogen-bond acceptors (Lipinski definition) is 6. The Bertz CT molecular complexity index is 1420. The third kappa shape index (κ3) is 4.17. The van der Waals surface area contributed by atoms with E-state index in [-0.39, 0.29) is 17.4 Å². The average molecular weight is 487 g/mol. The Morgan fingerprint density at radius 2 is 1.92 bits per heavy atom. The summed E-state index contributed by atoms with van der Waals surface area (Å²) in [5.41, 5.74) is 2.01. The lowest BCUT2D eigenvalue weighted by atomic mass is 9.88. The lowest BCUT2D eigenvalue weighted by molar-refractivity contribution is 0.0698. The van der Waals surface area contributed by atoms with Crippen LogP contribution in [-0.4, -0.2) is 45.8 Å². The Balaban J connectivity index is 1.54. The fourth-order valence-corrected chi connectivity index (χ4v) is 5.55. The van der Waals surface area contributed by atoms with Crippen LogP contribution in [0.3, 0.4) is 0 Å². The summed E-state index contributed by atoms with van der Waals surface area (Å²) in [6.07, 6.45) is 9.85. The Kier molecular flexibility index (Phi) is 6.01. The van der Waals surface area contributed by atoms with Gasteiger partial charge in [0.2, 0.25) is 5.88 Å². The smallest absolute Gasteiger partial charge is 0.339 e. The molecule has 4 aromatic rings. The van der Waals surface area contributed by atoms with E-state index in [9.17, 15) is 15.0 Å². The van der Waals surface area contributed by atoms with Crippen molar-refractivity contribution in [3.8, 4) is 11.6 Å². The second-order valence-electron chi connectivity index (χ2n) is 9.97. The SMILES string of the molecule is O=C(O)c1coc2c1c(C(c1ccnc(OCCC3CC3)c1)N1CCCCC1)c(O)c1ccccc12. The summed E-state index contributed by atoms with van der Waals surface area (Å²) in [5.74, 6) is 0.330. The second-order valence-corrected chi connectivity index (χ2v) is 9.97. The quantitative estimate of drug-likeness (QED) is 0.309. The molecule has 1 saturated heterocycles. The van der Waals surface area contributed by atoms with Crippen molar-refractivity contribution >= 4 is 27.7 Å². The maximum atomic E-state index is 12.3. The number of phenolic OH excluding ortho intramolecular Hbond substituents is 1. The van der Waals surface area contributed by atoms with Crippen LogP contribution in [0, 0.1) is 5.92 Å². The van der Waals surface area contributed by atoms with Crippen LogP contribution in [0.4, 0.5) is 0 Å². The zero-order valence-corrected chi connectivity index (χ0v) is 20.2. The van der Waals surface area contributed by atoms with E-state index in [0.717, 1.165) is 50.3 Å². The van der Waals surface area contributed by atoms with Gasteiger partial charge in [-0.2, -0.15) is 0 Å². The Morgan fingerprint density at radius 1 is 1.14 bits per heavy atom. The first-order valence-electron chi connectivity index (χ1n) is 12.8. The van der Waals surface area contributed by atoms with Crippen molar-refractivity contribution < 1.29 is 24.2 Å². The van der Waals surface area contributed by atoms with Gasteiger partial charge in [0.1, 0.15) is 23.2 Å². The van der Waals surface area contributed by atoms with Gasteiger partial charge in [0, 0.05) is 34.0 Å². The van der Waals surface area contributed by atoms with E-state index in [1.807, 2.05) is 36.4 Å². The van der Waals surface area contributed by atoms with E-state index < -0.39 is 5.97 Å². The van der Waals surface area contributed by atoms with Gasteiger partial charge in [-0.25, -0.2) is 9.78 Å². The zero-order valence-electron chi connectivity index (χ0n) is 20.2. The number of piperidine rings is 1. The third-order valence-electron chi connectivity index (χ3n) is 7.55. The van der Waals surface area contributed by atoms with E-state index in [2.05, 4.69) is 9.88 Å². The predicted octanol–water partition coefficient (Wildman–Crippen LogP) is 6.14. The van der Waals surface area contributed by atoms with Crippen LogP contribution >= 0.6 is 0 Å². The van der Waals surface area contributed by atoms with E-state index in [4.69, 9.17) is 9.15 Å². The first kappa shape index (κ1) is 22.9. The largest absolute Gasteiger partial charge is 0.507 e. The highest BCUT2D eigenvalue weighted by molar-refractivity contribution is 6.15. The molecule has 36 heavy (non-hydrogen) atoms. The molecule has 3 heterocycles. The number of likely N-dealkylation sites (tertiary alicyclic amines) is 1. The number of aromatic hydroxyl groups is 1. The molecule has 7 heteroatoms. The Labute approximate surface area is 209 Å². The molecule has 2 aromatic heterocycles. The number of benzene rings is 2. The van der Waals surface area contributed by atoms with Crippen LogP contribution in [0.1, 0.15) is 66.1 Å². The first-order chi connectivity index (χ1) is 17.6. The van der Waals surface area contributed by atoms with Gasteiger partial charge in [0.15, 0.2) is 0 Å². The molecule has 0 bridgehead atoms. The van der Waals surface area contributed by atoms with Crippen molar-refractivity contribution in [1.29, 1.82) is 0 Å². The highest BCUT2D eigenvalue weighted by Crippen LogP contribution is 2.47. The molecule has 6 rings (SSSR count). The van der Waals surface area contributed by atoms with E-state index in [0.29, 0.717) is 39.8 Å². The highest BCUT2D eigenvalue weighted by Gasteiger charge is 2.33. The number of carboxylic acids is 1. The monoisotopic (exact) mass is 486 g/mol. The summed E-state index contributed by atoms with van der Waals surface area (Å²) < 4.78 is 11.9. The summed E-state index contributed by atoms with van der Waals surface area (Å²) in [7, 11) is 0. The molecule has 1 aliphatic carbocycles. The molecule has 1 saturated carbocycles. The van der Waals surface area contributed by atoms with Crippen molar-refractivity contribution in [2.24, 2.45) is 5.92 Å². The van der Waals surface area contributed by atoms with Gasteiger partial charge >= 0.3 is 5.97 Å². The van der Waals surface area contributed by atoms with Gasteiger partial charge in [0.05, 0.1) is 12.6 Å². The molecule has 186 valence electrons. The molecule has 0 spiro atoms. The molecule has 1 aliphatic heterocycles. The van der Waals surface area contributed by atoms with Gasteiger partial charge in [-0.3, -0.25) is 4.90 Å². The number of furan rings is 1. The van der Waals surface area contributed by atoms with Crippen LogP contribution in [0.5, 0.6) is 11.6 Å². The van der Waals surface area contributed by atoms with Gasteiger partial charge in [-0.05, 0) is 49.9 Å². The Hall–Kier alpha value is -3.58. The van der Waals surface area contributed by atoms with E-state index >= 15 is 0 Å². The van der Waals surface area contributed by atoms with Gasteiger partial charge in [-0.1, -0.05) is 43.5 Å². The average Bonchev–Trinajstić information content (AvgIpc) is 3.62. The van der Waals surface area contributed by atoms with Crippen molar-refractivity contribution in [3.05, 3.63) is 65.5 Å². The van der Waals surface area contributed by atoms with Gasteiger partial charge < -0.3 is 19.4 Å². The minimum atomic E-state index is -1.08. The number of ether oxygens (including phenoxy) is 1. The number of nitrogens with zero attached hydrogens (tertiary/aromatic N) is 2. The summed E-state index contributed by atoms with van der Waals surface area (Å²) in [5, 5.41) is 23.5. The predicted molar refractivity (Wildman–Crippen MR) is 137 cm³/mol. The molecule has 2 N–H and O–H groups in total. The number of fused-ring (bicyclic) bond motifs is 3. The number of pyridine rings is 1. The topological polar surface area (TPSA) is 96.0 Å². The normalized spacial score (nSPS) is 17.4. The van der Waals surface area contributed by atoms with Crippen molar-refractivity contribution in [1.82, 2.24) is 9.88 Å². The lowest BCUT2D eigenvalue weighted by Gasteiger charge is -2.36. The summed E-state index contributed by atoms with van der Waals surface area (Å²) >= 11 is 0. The molecule has 1 atom stereocenters. The van der Waals surface area contributed by atoms with E-state index in [1.165, 1.54) is 19.1 Å². The van der Waals surface area contributed by atoms with Crippen LogP contribution < -0.4 is 4.74 Å². The van der Waals surface area contributed by atoms with Crippen LogP contribution in [0.2, 0.25) is 0 Å². The third-order valence-corrected chi connectivity index (χ3v) is 7.55. The minimum absolute atomic E-state index is 0.0537. The maximum Gasteiger partial charge on any atom is 0.339 e. The molecule has 2 aliphatic rings. The molecular weight excluding hydrogens is 456 g/mol. The van der Waals surface area contributed by atoms with Crippen molar-refractivity contribution in [2.75, 3.05) is 19.7 Å². The number of carbonyl (C=O) groups is 1. The molecular formula is C29H30N2O5. The molecule has 0 radical (unpaired) electrons. The van der Waals surface area contributed by atoms with Crippen molar-refractivity contribution in [2.45, 2.75) is 44.6 Å². The lowest BCUT2D eigenvalue weighted by Crippen LogP contribution is -2.34. The van der Waals surface area contributed by atoms with E-state index in [1.54, 1.807) is 6.20 Å². The number of phenols is 1. The first-order valence-corrected chi connectivity index (χ1v) is 12.8.